The number of hydrogen-bond acceptors (Lipinski definition) is 3. The number of halogens is 1. The highest BCUT2D eigenvalue weighted by atomic mass is 79.9. The smallest absolute Gasteiger partial charge is 0.141 e. The molecule has 0 aliphatic rings. The van der Waals surface area contributed by atoms with E-state index in [4.69, 9.17) is 9.47 Å². The highest BCUT2D eigenvalue weighted by Crippen LogP contribution is 2.23. The first-order valence-electron chi connectivity index (χ1n) is 6.59. The molecule has 0 atom stereocenters. The molecule has 2 aromatic rings. The van der Waals surface area contributed by atoms with Crippen LogP contribution in [-0.4, -0.2) is 20.0 Å². The summed E-state index contributed by atoms with van der Waals surface area (Å²) in [5, 5.41) is 0. The number of benzene rings is 2. The number of methoxy groups -OCH3 is 2. The Kier molecular flexibility index (Phi) is 5.39. The van der Waals surface area contributed by atoms with Crippen molar-refractivity contribution in [3.05, 3.63) is 58.1 Å². The van der Waals surface area contributed by atoms with Gasteiger partial charge in [-0.05, 0) is 41.5 Å². The van der Waals surface area contributed by atoms with Crippen molar-refractivity contribution in [3.8, 4) is 11.5 Å². The topological polar surface area (TPSA) is 35.5 Å². The first-order valence-corrected chi connectivity index (χ1v) is 7.38. The maximum atomic E-state index is 12.2. The van der Waals surface area contributed by atoms with Gasteiger partial charge in [0.1, 0.15) is 17.3 Å². The Hall–Kier alpha value is -1.81. The maximum absolute atomic E-state index is 12.2. The Morgan fingerprint density at radius 3 is 2.43 bits per heavy atom. The maximum Gasteiger partial charge on any atom is 0.141 e. The first kappa shape index (κ1) is 15.6. The molecule has 110 valence electrons. The molecular weight excluding hydrogens is 332 g/mol. The zero-order chi connectivity index (χ0) is 15.2. The van der Waals surface area contributed by atoms with Gasteiger partial charge in [-0.1, -0.05) is 28.1 Å². The summed E-state index contributed by atoms with van der Waals surface area (Å²) in [7, 11) is 3.24. The number of ketones is 1. The van der Waals surface area contributed by atoms with Crippen molar-refractivity contribution >= 4 is 21.7 Å². The molecule has 0 amide bonds. The van der Waals surface area contributed by atoms with E-state index >= 15 is 0 Å². The SMILES string of the molecule is COc1cccc(CC(=O)Cc2cc(OC)ccc2Br)c1. The van der Waals surface area contributed by atoms with Crippen molar-refractivity contribution in [1.29, 1.82) is 0 Å². The van der Waals surface area contributed by atoms with Gasteiger partial charge in [0, 0.05) is 17.3 Å². The molecule has 0 N–H and O–H groups in total. The summed E-state index contributed by atoms with van der Waals surface area (Å²) in [5.74, 6) is 1.67. The number of rotatable bonds is 6. The Morgan fingerprint density at radius 2 is 1.71 bits per heavy atom. The van der Waals surface area contributed by atoms with Gasteiger partial charge >= 0.3 is 0 Å². The summed E-state index contributed by atoms with van der Waals surface area (Å²) in [6.45, 7) is 0. The van der Waals surface area contributed by atoms with Crippen molar-refractivity contribution in [2.45, 2.75) is 12.8 Å². The number of carbonyl (C=O) groups excluding carboxylic acids is 1. The van der Waals surface area contributed by atoms with Crippen molar-refractivity contribution in [2.24, 2.45) is 0 Å². The summed E-state index contributed by atoms with van der Waals surface area (Å²) in [4.78, 5) is 12.2. The highest BCUT2D eigenvalue weighted by molar-refractivity contribution is 9.10. The van der Waals surface area contributed by atoms with Crippen LogP contribution in [0.25, 0.3) is 0 Å². The summed E-state index contributed by atoms with van der Waals surface area (Å²) < 4.78 is 11.3. The molecular formula is C17H17BrO3. The van der Waals surface area contributed by atoms with Crippen LogP contribution in [0, 0.1) is 0 Å². The van der Waals surface area contributed by atoms with E-state index in [1.54, 1.807) is 14.2 Å². The minimum Gasteiger partial charge on any atom is -0.497 e. The van der Waals surface area contributed by atoms with E-state index in [0.717, 1.165) is 27.1 Å². The third kappa shape index (κ3) is 4.33. The lowest BCUT2D eigenvalue weighted by molar-refractivity contribution is -0.117. The van der Waals surface area contributed by atoms with Gasteiger partial charge in [-0.15, -0.1) is 0 Å². The average molecular weight is 349 g/mol. The Morgan fingerprint density at radius 1 is 1.00 bits per heavy atom. The van der Waals surface area contributed by atoms with Crippen molar-refractivity contribution in [2.75, 3.05) is 14.2 Å². The average Bonchev–Trinajstić information content (AvgIpc) is 2.49. The van der Waals surface area contributed by atoms with Gasteiger partial charge in [0.2, 0.25) is 0 Å². The second-order valence-corrected chi connectivity index (χ2v) is 5.56. The predicted molar refractivity (Wildman–Crippen MR) is 86.1 cm³/mol. The van der Waals surface area contributed by atoms with Crippen LogP contribution in [0.5, 0.6) is 11.5 Å². The van der Waals surface area contributed by atoms with Gasteiger partial charge in [0.05, 0.1) is 14.2 Å². The van der Waals surface area contributed by atoms with Crippen LogP contribution in [-0.2, 0) is 17.6 Å². The van der Waals surface area contributed by atoms with Gasteiger partial charge in [-0.3, -0.25) is 4.79 Å². The molecule has 0 spiro atoms. The largest absolute Gasteiger partial charge is 0.497 e. The molecule has 2 rings (SSSR count). The molecule has 0 saturated heterocycles. The Bertz CT molecular complexity index is 638. The standard InChI is InChI=1S/C17H17BrO3/c1-20-15-5-3-4-12(9-15)8-14(19)10-13-11-16(21-2)6-7-17(13)18/h3-7,9,11H,8,10H2,1-2H3. The van der Waals surface area contributed by atoms with E-state index in [0.29, 0.717) is 12.8 Å². The van der Waals surface area contributed by atoms with Gasteiger partial charge in [-0.2, -0.15) is 0 Å². The summed E-state index contributed by atoms with van der Waals surface area (Å²) in [6.07, 6.45) is 0.760. The van der Waals surface area contributed by atoms with Gasteiger partial charge in [-0.25, -0.2) is 0 Å². The summed E-state index contributed by atoms with van der Waals surface area (Å²) in [5.41, 5.74) is 1.89. The molecule has 0 radical (unpaired) electrons. The van der Waals surface area contributed by atoms with Crippen molar-refractivity contribution in [3.63, 3.8) is 0 Å². The fraction of sp³-hybridized carbons (Fsp3) is 0.235. The number of hydrogen-bond donors (Lipinski definition) is 0. The molecule has 4 heteroatoms. The second-order valence-electron chi connectivity index (χ2n) is 4.70. The van der Waals surface area contributed by atoms with E-state index in [9.17, 15) is 4.79 Å². The minimum absolute atomic E-state index is 0.150. The van der Waals surface area contributed by atoms with E-state index < -0.39 is 0 Å². The molecule has 0 heterocycles. The van der Waals surface area contributed by atoms with E-state index in [1.807, 2.05) is 42.5 Å². The highest BCUT2D eigenvalue weighted by Gasteiger charge is 2.10. The zero-order valence-electron chi connectivity index (χ0n) is 12.1. The van der Waals surface area contributed by atoms with E-state index in [-0.39, 0.29) is 5.78 Å². The van der Waals surface area contributed by atoms with Crippen LogP contribution < -0.4 is 9.47 Å². The molecule has 21 heavy (non-hydrogen) atoms. The quantitative estimate of drug-likeness (QED) is 0.795. The van der Waals surface area contributed by atoms with Gasteiger partial charge < -0.3 is 9.47 Å². The van der Waals surface area contributed by atoms with Gasteiger partial charge in [0.15, 0.2) is 0 Å². The fourth-order valence-corrected chi connectivity index (χ4v) is 2.49. The molecule has 0 fully saturated rings. The van der Waals surface area contributed by atoms with E-state index in [2.05, 4.69) is 15.9 Å². The summed E-state index contributed by atoms with van der Waals surface area (Å²) >= 11 is 3.47. The lowest BCUT2D eigenvalue weighted by atomic mass is 10.0. The van der Waals surface area contributed by atoms with Crippen molar-refractivity contribution < 1.29 is 14.3 Å². The van der Waals surface area contributed by atoms with Crippen LogP contribution in [0.1, 0.15) is 11.1 Å². The number of Topliss-reactive ketones (excluding diaryl/α,β-unsaturated/α-hetero) is 1. The Balaban J connectivity index is 2.07. The first-order chi connectivity index (χ1) is 10.1. The zero-order valence-corrected chi connectivity index (χ0v) is 13.6. The van der Waals surface area contributed by atoms with Crippen LogP contribution in [0.15, 0.2) is 46.9 Å². The van der Waals surface area contributed by atoms with Crippen LogP contribution in [0.2, 0.25) is 0 Å². The van der Waals surface area contributed by atoms with Crippen LogP contribution in [0.4, 0.5) is 0 Å². The molecule has 0 unspecified atom stereocenters. The van der Waals surface area contributed by atoms with Crippen LogP contribution >= 0.6 is 15.9 Å². The fourth-order valence-electron chi connectivity index (χ4n) is 2.10. The van der Waals surface area contributed by atoms with E-state index in [1.165, 1.54) is 0 Å². The Labute approximate surface area is 133 Å². The second kappa shape index (κ2) is 7.27. The lowest BCUT2D eigenvalue weighted by Gasteiger charge is -2.08. The number of carbonyl (C=O) groups is 1. The molecule has 2 aromatic carbocycles. The number of ether oxygens (including phenoxy) is 2. The molecule has 3 nitrogen and oxygen atoms in total. The third-order valence-electron chi connectivity index (χ3n) is 3.18. The predicted octanol–water partition coefficient (Wildman–Crippen LogP) is 3.82. The monoisotopic (exact) mass is 348 g/mol. The van der Waals surface area contributed by atoms with Gasteiger partial charge in [0.25, 0.3) is 0 Å². The van der Waals surface area contributed by atoms with Crippen molar-refractivity contribution in [1.82, 2.24) is 0 Å². The minimum atomic E-state index is 0.150. The molecule has 0 bridgehead atoms. The molecule has 0 aromatic heterocycles. The summed E-state index contributed by atoms with van der Waals surface area (Å²) in [6, 6.07) is 13.2. The molecule has 0 saturated carbocycles. The molecule has 0 aliphatic heterocycles. The normalized spacial score (nSPS) is 10.2. The van der Waals surface area contributed by atoms with Crippen LogP contribution in [0.3, 0.4) is 0 Å². The third-order valence-corrected chi connectivity index (χ3v) is 3.95. The molecule has 0 aliphatic carbocycles. The lowest BCUT2D eigenvalue weighted by Crippen LogP contribution is -2.07.